The molecule has 2 aromatic carbocycles. The largest absolute Gasteiger partial charge is 0.842 e. The van der Waals surface area contributed by atoms with Crippen LogP contribution in [0.25, 0.3) is 32.7 Å². The van der Waals surface area contributed by atoms with Gasteiger partial charge in [-0.05, 0) is 38.1 Å². The van der Waals surface area contributed by atoms with Gasteiger partial charge < -0.3 is 10.2 Å². The first-order valence-electron chi connectivity index (χ1n) is 11.0. The number of aromatic nitrogens is 4. The van der Waals surface area contributed by atoms with Gasteiger partial charge in [-0.15, -0.1) is 9.13 Å². The Labute approximate surface area is 212 Å². The Balaban J connectivity index is 1.72. The van der Waals surface area contributed by atoms with Gasteiger partial charge >= 0.3 is 21.0 Å². The highest BCUT2D eigenvalue weighted by molar-refractivity contribution is 7.15. The molecule has 0 unspecified atom stereocenters. The molecule has 0 N–H and O–H groups in total. The van der Waals surface area contributed by atoms with Crippen LogP contribution in [0.2, 0.25) is 0 Å². The Morgan fingerprint density at radius 3 is 1.36 bits per heavy atom. The average Bonchev–Trinajstić information content (AvgIpc) is 3.52. The summed E-state index contributed by atoms with van der Waals surface area (Å²) in [4.78, 5) is 27.1. The summed E-state index contributed by atoms with van der Waals surface area (Å²) in [6.07, 6.45) is 0. The third-order valence-corrected chi connectivity index (χ3v) is 8.02. The van der Waals surface area contributed by atoms with Gasteiger partial charge in [-0.25, -0.2) is 9.59 Å². The number of thiazole rings is 2. The second kappa shape index (κ2) is 8.14. The van der Waals surface area contributed by atoms with E-state index in [0.717, 1.165) is 0 Å². The Kier molecular flexibility index (Phi) is 5.02. The van der Waals surface area contributed by atoms with Crippen LogP contribution < -0.4 is 30.1 Å². The van der Waals surface area contributed by atoms with Crippen molar-refractivity contribution in [2.45, 2.75) is 13.8 Å². The predicted octanol–water partition coefficient (Wildman–Crippen LogP) is 2.02. The van der Waals surface area contributed by atoms with E-state index in [2.05, 4.69) is 0 Å². The van der Waals surface area contributed by atoms with Crippen LogP contribution in [-0.2, 0) is 0 Å². The second-order valence-corrected chi connectivity index (χ2v) is 9.96. The van der Waals surface area contributed by atoms with Crippen molar-refractivity contribution in [1.82, 2.24) is 9.13 Å². The van der Waals surface area contributed by atoms with Crippen LogP contribution in [0.15, 0.2) is 81.0 Å². The van der Waals surface area contributed by atoms with Crippen LogP contribution in [0.5, 0.6) is 11.8 Å². The fourth-order valence-corrected chi connectivity index (χ4v) is 6.37. The fourth-order valence-electron chi connectivity index (χ4n) is 4.32. The molecular formula is C26H18N4O4S2. The van der Waals surface area contributed by atoms with Crippen LogP contribution in [-0.4, -0.2) is 9.13 Å². The summed E-state index contributed by atoms with van der Waals surface area (Å²) in [5.41, 5.74) is 1.58. The molecule has 0 saturated heterocycles. The van der Waals surface area contributed by atoms with Crippen molar-refractivity contribution in [3.63, 3.8) is 0 Å². The summed E-state index contributed by atoms with van der Waals surface area (Å²) in [6.45, 7) is 3.01. The van der Waals surface area contributed by atoms with Crippen molar-refractivity contribution in [1.29, 1.82) is 0 Å². The van der Waals surface area contributed by atoms with Gasteiger partial charge in [0.2, 0.25) is 0 Å². The monoisotopic (exact) mass is 514 g/mol. The zero-order valence-corrected chi connectivity index (χ0v) is 20.8. The predicted molar refractivity (Wildman–Crippen MR) is 134 cm³/mol. The van der Waals surface area contributed by atoms with Crippen LogP contribution in [0.1, 0.15) is 11.1 Å². The van der Waals surface area contributed by atoms with E-state index < -0.39 is 11.8 Å². The molecule has 0 aliphatic heterocycles. The molecule has 36 heavy (non-hydrogen) atoms. The highest BCUT2D eigenvalue weighted by Crippen LogP contribution is 2.27. The fraction of sp³-hybridized carbons (Fsp3) is 0.0769. The molecule has 0 radical (unpaired) electrons. The number of fused-ring (bicyclic) bond motifs is 2. The van der Waals surface area contributed by atoms with E-state index in [0.29, 0.717) is 32.7 Å². The van der Waals surface area contributed by atoms with Crippen molar-refractivity contribution < 1.29 is 19.0 Å². The smallest absolute Gasteiger partial charge is 0.353 e. The molecule has 0 aliphatic carbocycles. The minimum absolute atomic E-state index is 0.0697. The topological polar surface area (TPSA) is 98.3 Å². The molecule has 6 rings (SSSR count). The van der Waals surface area contributed by atoms with Crippen LogP contribution in [0, 0.1) is 13.8 Å². The molecule has 6 aromatic rings. The summed E-state index contributed by atoms with van der Waals surface area (Å²) in [5, 5.41) is 30.2. The summed E-state index contributed by atoms with van der Waals surface area (Å²) in [5.74, 6) is -0.891. The van der Waals surface area contributed by atoms with E-state index in [-0.39, 0.29) is 22.2 Å². The first-order valence-corrected chi connectivity index (χ1v) is 12.8. The van der Waals surface area contributed by atoms with Crippen molar-refractivity contribution in [2.24, 2.45) is 0 Å². The van der Waals surface area contributed by atoms with Gasteiger partial charge in [0.15, 0.2) is 11.4 Å². The molecule has 0 saturated carbocycles. The number of hydrogen-bond acceptors (Lipinski definition) is 6. The first kappa shape index (κ1) is 22.2. The molecule has 178 valence electrons. The molecule has 0 aliphatic rings. The maximum atomic E-state index is 13.4. The van der Waals surface area contributed by atoms with Gasteiger partial charge in [0.25, 0.3) is 0 Å². The van der Waals surface area contributed by atoms with Crippen molar-refractivity contribution >= 4 is 32.6 Å². The maximum Gasteiger partial charge on any atom is 0.353 e. The van der Waals surface area contributed by atoms with Gasteiger partial charge in [-0.3, -0.25) is 0 Å². The van der Waals surface area contributed by atoms with E-state index in [1.165, 1.54) is 54.5 Å². The van der Waals surface area contributed by atoms with Crippen molar-refractivity contribution in [3.05, 3.63) is 103 Å². The third-order valence-electron chi connectivity index (χ3n) is 6.19. The lowest BCUT2D eigenvalue weighted by atomic mass is 10.2. The number of benzene rings is 2. The lowest BCUT2D eigenvalue weighted by molar-refractivity contribution is -0.601. The van der Waals surface area contributed by atoms with Gasteiger partial charge in [0.05, 0.1) is 33.6 Å². The highest BCUT2D eigenvalue weighted by atomic mass is 32.1. The van der Waals surface area contributed by atoms with Crippen LogP contribution in [0.3, 0.4) is 0 Å². The zero-order chi connectivity index (χ0) is 25.1. The number of para-hydroxylation sites is 2. The molecule has 0 bridgehead atoms. The average molecular weight is 515 g/mol. The van der Waals surface area contributed by atoms with Gasteiger partial charge in [-0.1, -0.05) is 59.1 Å². The Bertz CT molecular complexity index is 1780. The molecule has 10 heteroatoms. The molecular weight excluding hydrogens is 496 g/mol. The highest BCUT2D eigenvalue weighted by Gasteiger charge is 2.30. The first-order chi connectivity index (χ1) is 17.4. The van der Waals surface area contributed by atoms with Crippen molar-refractivity contribution in [2.75, 3.05) is 0 Å². The van der Waals surface area contributed by atoms with Gasteiger partial charge in [-0.2, -0.15) is 8.80 Å². The summed E-state index contributed by atoms with van der Waals surface area (Å²) >= 11 is 2.48. The van der Waals surface area contributed by atoms with Crippen molar-refractivity contribution in [3.8, 4) is 34.5 Å². The van der Waals surface area contributed by atoms with Crippen LogP contribution in [0.4, 0.5) is 0 Å². The standard InChI is InChI=1S/C26H18N4O4S2/c1-15-21(31)27(17-9-5-3-6-10-17)25-29(23(15)33)19(13-35-25)20-14-36-26-28(18-11-7-4-8-12-18)22(32)16(2)24(34)30(20)26/h3-14H,1-2H3. The van der Waals surface area contributed by atoms with E-state index >= 15 is 0 Å². The summed E-state index contributed by atoms with van der Waals surface area (Å²) in [6, 6.07) is 18.2. The van der Waals surface area contributed by atoms with E-state index in [1.807, 2.05) is 36.4 Å². The normalized spacial score (nSPS) is 11.5. The quantitative estimate of drug-likeness (QED) is 0.338. The van der Waals surface area contributed by atoms with E-state index in [9.17, 15) is 19.8 Å². The molecule has 8 nitrogen and oxygen atoms in total. The Morgan fingerprint density at radius 2 is 1.00 bits per heavy atom. The summed E-state index contributed by atoms with van der Waals surface area (Å²) in [7, 11) is 0. The number of rotatable bonds is 3. The molecule has 0 spiro atoms. The molecule has 4 aromatic heterocycles. The summed E-state index contributed by atoms with van der Waals surface area (Å²) < 4.78 is 5.95. The Hall–Kier alpha value is -4.28. The van der Waals surface area contributed by atoms with Gasteiger partial charge in [0.1, 0.15) is 11.4 Å². The zero-order valence-electron chi connectivity index (χ0n) is 19.2. The van der Waals surface area contributed by atoms with E-state index in [4.69, 9.17) is 0 Å². The molecule has 0 fully saturated rings. The number of nitrogens with zero attached hydrogens (tertiary/aromatic N) is 4. The minimum Gasteiger partial charge on any atom is -0.842 e. The lowest BCUT2D eigenvalue weighted by Gasteiger charge is -2.13. The Morgan fingerprint density at radius 1 is 0.639 bits per heavy atom. The third kappa shape index (κ3) is 3.05. The number of hydrogen-bond donors (Lipinski definition) is 0. The minimum atomic E-state index is -0.445. The van der Waals surface area contributed by atoms with E-state index in [1.54, 1.807) is 35.0 Å². The van der Waals surface area contributed by atoms with Gasteiger partial charge in [0, 0.05) is 0 Å². The maximum absolute atomic E-state index is 13.4. The SMILES string of the molecule is Cc1c([O-])[n+]2c(-c3csc4n(-c5ccccc5)c(=O)c(C)c([O-])[n+]34)csc2n(-c2ccccc2)c1=O. The molecule has 4 heterocycles. The second-order valence-electron chi connectivity index (χ2n) is 8.29. The van der Waals surface area contributed by atoms with Crippen LogP contribution >= 0.6 is 22.7 Å². The lowest BCUT2D eigenvalue weighted by Crippen LogP contribution is -2.41. The molecule has 0 atom stereocenters. The molecule has 0 amide bonds.